The third kappa shape index (κ3) is 0.871. The monoisotopic (exact) mass is 161 g/mol. The average molecular weight is 161 g/mol. The molecule has 12 heavy (non-hydrogen) atoms. The van der Waals surface area contributed by atoms with Crippen LogP contribution in [0, 0.1) is 6.07 Å². The number of carbonyl (C=O) groups is 1. The highest BCUT2D eigenvalue weighted by atomic mass is 16.4. The van der Waals surface area contributed by atoms with Gasteiger partial charge in [-0.1, -0.05) is 12.1 Å². The van der Waals surface area contributed by atoms with Gasteiger partial charge in [0, 0.05) is 11.5 Å². The van der Waals surface area contributed by atoms with Gasteiger partial charge in [0.05, 0.1) is 6.26 Å². The van der Waals surface area contributed by atoms with Crippen LogP contribution in [0.1, 0.15) is 10.4 Å². The quantitative estimate of drug-likeness (QED) is 0.695. The van der Waals surface area contributed by atoms with Gasteiger partial charge in [-0.05, 0) is 6.07 Å². The fourth-order valence-electron chi connectivity index (χ4n) is 1.10. The molecule has 3 heteroatoms. The van der Waals surface area contributed by atoms with Gasteiger partial charge in [-0.2, -0.15) is 0 Å². The lowest BCUT2D eigenvalue weighted by Gasteiger charge is -1.93. The van der Waals surface area contributed by atoms with Crippen molar-refractivity contribution in [3.8, 4) is 0 Å². The van der Waals surface area contributed by atoms with E-state index in [1.165, 1.54) is 12.3 Å². The van der Waals surface area contributed by atoms with Gasteiger partial charge in [0.25, 0.3) is 0 Å². The van der Waals surface area contributed by atoms with E-state index >= 15 is 0 Å². The molecule has 0 unspecified atom stereocenters. The summed E-state index contributed by atoms with van der Waals surface area (Å²) in [4.78, 5) is 10.6. The van der Waals surface area contributed by atoms with Crippen LogP contribution in [0.4, 0.5) is 0 Å². The number of furan rings is 1. The zero-order valence-corrected chi connectivity index (χ0v) is 6.07. The fraction of sp³-hybridized carbons (Fsp3) is 0. The van der Waals surface area contributed by atoms with Crippen LogP contribution >= 0.6 is 0 Å². The molecule has 1 heterocycles. The van der Waals surface area contributed by atoms with Crippen molar-refractivity contribution in [3.05, 3.63) is 36.1 Å². The SMILES string of the molecule is O=C(O)c1cccc2[c]coc12. The second-order valence-corrected chi connectivity index (χ2v) is 2.37. The third-order valence-electron chi connectivity index (χ3n) is 1.64. The van der Waals surface area contributed by atoms with Gasteiger partial charge in [0.15, 0.2) is 0 Å². The van der Waals surface area contributed by atoms with Crippen molar-refractivity contribution in [2.75, 3.05) is 0 Å². The summed E-state index contributed by atoms with van der Waals surface area (Å²) in [6.07, 6.45) is 1.36. The number of carboxylic acid groups (broad SMARTS) is 1. The maximum Gasteiger partial charge on any atom is 0.339 e. The predicted molar refractivity (Wildman–Crippen MR) is 42.0 cm³/mol. The van der Waals surface area contributed by atoms with Crippen molar-refractivity contribution in [2.45, 2.75) is 0 Å². The Labute approximate surface area is 68.2 Å². The molecule has 0 atom stereocenters. The molecule has 1 aromatic heterocycles. The maximum atomic E-state index is 10.6. The van der Waals surface area contributed by atoms with E-state index in [0.717, 1.165) is 0 Å². The molecule has 0 aliphatic carbocycles. The van der Waals surface area contributed by atoms with Crippen LogP contribution in [0.5, 0.6) is 0 Å². The summed E-state index contributed by atoms with van der Waals surface area (Å²) in [6, 6.07) is 7.71. The fourth-order valence-corrected chi connectivity index (χ4v) is 1.10. The Morgan fingerprint density at radius 3 is 3.08 bits per heavy atom. The number of carboxylic acids is 1. The Morgan fingerprint density at radius 1 is 1.50 bits per heavy atom. The molecular weight excluding hydrogens is 156 g/mol. The van der Waals surface area contributed by atoms with Crippen molar-refractivity contribution in [3.63, 3.8) is 0 Å². The van der Waals surface area contributed by atoms with E-state index in [4.69, 9.17) is 9.52 Å². The Morgan fingerprint density at radius 2 is 2.33 bits per heavy atom. The molecule has 0 bridgehead atoms. The summed E-state index contributed by atoms with van der Waals surface area (Å²) < 4.78 is 4.97. The molecule has 0 aliphatic rings. The Bertz CT molecular complexity index is 428. The van der Waals surface area contributed by atoms with E-state index in [2.05, 4.69) is 6.07 Å². The van der Waals surface area contributed by atoms with Gasteiger partial charge in [0.2, 0.25) is 0 Å². The highest BCUT2D eigenvalue weighted by Crippen LogP contribution is 2.18. The van der Waals surface area contributed by atoms with Crippen molar-refractivity contribution in [1.29, 1.82) is 0 Å². The normalized spacial score (nSPS) is 10.3. The minimum Gasteiger partial charge on any atom is -0.478 e. The number of fused-ring (bicyclic) bond motifs is 1. The smallest absolute Gasteiger partial charge is 0.339 e. The lowest BCUT2D eigenvalue weighted by atomic mass is 10.1. The molecule has 2 aromatic rings. The van der Waals surface area contributed by atoms with Crippen molar-refractivity contribution in [2.24, 2.45) is 0 Å². The molecular formula is C9H5O3. The summed E-state index contributed by atoms with van der Waals surface area (Å²) in [7, 11) is 0. The second-order valence-electron chi connectivity index (χ2n) is 2.37. The molecule has 0 amide bonds. The molecule has 1 radical (unpaired) electrons. The van der Waals surface area contributed by atoms with Crippen LogP contribution in [0.15, 0.2) is 28.9 Å². The predicted octanol–water partition coefficient (Wildman–Crippen LogP) is 1.93. The number of para-hydroxylation sites is 1. The van der Waals surface area contributed by atoms with Crippen LogP contribution in [0.25, 0.3) is 11.0 Å². The van der Waals surface area contributed by atoms with Crippen LogP contribution in [-0.4, -0.2) is 11.1 Å². The van der Waals surface area contributed by atoms with Crippen molar-refractivity contribution in [1.82, 2.24) is 0 Å². The zero-order valence-electron chi connectivity index (χ0n) is 6.07. The summed E-state index contributed by atoms with van der Waals surface area (Å²) in [5.41, 5.74) is 0.554. The molecule has 0 fully saturated rings. The first-order chi connectivity index (χ1) is 5.79. The number of hydrogen-bond donors (Lipinski definition) is 1. The average Bonchev–Trinajstić information content (AvgIpc) is 2.49. The first-order valence-electron chi connectivity index (χ1n) is 3.40. The second kappa shape index (κ2) is 2.37. The lowest BCUT2D eigenvalue weighted by molar-refractivity contribution is 0.0698. The molecule has 0 saturated carbocycles. The molecule has 0 aliphatic heterocycles. The van der Waals surface area contributed by atoms with E-state index in [0.29, 0.717) is 11.0 Å². The molecule has 59 valence electrons. The van der Waals surface area contributed by atoms with E-state index in [9.17, 15) is 4.79 Å². The van der Waals surface area contributed by atoms with Gasteiger partial charge in [-0.25, -0.2) is 4.79 Å². The van der Waals surface area contributed by atoms with Crippen molar-refractivity contribution >= 4 is 16.9 Å². The Kier molecular flexibility index (Phi) is 1.37. The first kappa shape index (κ1) is 6.91. The van der Waals surface area contributed by atoms with E-state index < -0.39 is 5.97 Å². The van der Waals surface area contributed by atoms with Gasteiger partial charge in [-0.3, -0.25) is 0 Å². The van der Waals surface area contributed by atoms with Crippen molar-refractivity contribution < 1.29 is 14.3 Å². The molecule has 0 saturated heterocycles. The number of rotatable bonds is 1. The van der Waals surface area contributed by atoms with Gasteiger partial charge in [0.1, 0.15) is 11.1 Å². The molecule has 3 nitrogen and oxygen atoms in total. The topological polar surface area (TPSA) is 50.4 Å². The molecule has 1 aromatic carbocycles. The highest BCUT2D eigenvalue weighted by Gasteiger charge is 2.09. The lowest BCUT2D eigenvalue weighted by Crippen LogP contribution is -1.95. The first-order valence-corrected chi connectivity index (χ1v) is 3.40. The maximum absolute atomic E-state index is 10.6. The van der Waals surface area contributed by atoms with Gasteiger partial charge in [-0.15, -0.1) is 0 Å². The molecule has 2 rings (SSSR count). The summed E-state index contributed by atoms with van der Waals surface area (Å²) in [5.74, 6) is -0.982. The van der Waals surface area contributed by atoms with Gasteiger partial charge < -0.3 is 9.52 Å². The zero-order chi connectivity index (χ0) is 8.55. The number of aromatic carboxylic acids is 1. The van der Waals surface area contributed by atoms with Crippen LogP contribution in [0.3, 0.4) is 0 Å². The molecule has 1 N–H and O–H groups in total. The van der Waals surface area contributed by atoms with Crippen LogP contribution in [0.2, 0.25) is 0 Å². The van der Waals surface area contributed by atoms with Gasteiger partial charge >= 0.3 is 5.97 Å². The van der Waals surface area contributed by atoms with E-state index in [-0.39, 0.29) is 5.56 Å². The summed E-state index contributed by atoms with van der Waals surface area (Å²) >= 11 is 0. The summed E-state index contributed by atoms with van der Waals surface area (Å²) in [5, 5.41) is 9.42. The van der Waals surface area contributed by atoms with Crippen LogP contribution in [-0.2, 0) is 0 Å². The number of hydrogen-bond acceptors (Lipinski definition) is 2. The minimum absolute atomic E-state index is 0.175. The Balaban J connectivity index is 2.82. The third-order valence-corrected chi connectivity index (χ3v) is 1.64. The van der Waals surface area contributed by atoms with E-state index in [1.807, 2.05) is 0 Å². The number of benzene rings is 1. The standard InChI is InChI=1S/C9H5O3/c10-9(11)7-3-1-2-6-4-5-12-8(6)7/h1-3,5H,(H,10,11). The van der Waals surface area contributed by atoms with E-state index in [1.54, 1.807) is 12.1 Å². The minimum atomic E-state index is -0.982. The summed E-state index contributed by atoms with van der Waals surface area (Å²) in [6.45, 7) is 0. The largest absolute Gasteiger partial charge is 0.478 e. The highest BCUT2D eigenvalue weighted by molar-refractivity contribution is 6.00. The molecule has 0 spiro atoms. The van der Waals surface area contributed by atoms with Crippen LogP contribution < -0.4 is 0 Å². The Hall–Kier alpha value is -1.77.